The molecule has 2 aliphatic rings. The summed E-state index contributed by atoms with van der Waals surface area (Å²) in [5.74, 6) is -2.34. The molecular formula is C20H24N2O7. The molecule has 1 aromatic carbocycles. The molecule has 2 atom stereocenters. The van der Waals surface area contributed by atoms with Gasteiger partial charge in [-0.2, -0.15) is 0 Å². The number of fused-ring (bicyclic) bond motifs is 1. The highest BCUT2D eigenvalue weighted by Gasteiger charge is 2.44. The molecule has 2 unspecified atom stereocenters. The van der Waals surface area contributed by atoms with E-state index < -0.39 is 35.5 Å². The van der Waals surface area contributed by atoms with Gasteiger partial charge in [-0.25, -0.2) is 9.59 Å². The van der Waals surface area contributed by atoms with Crippen molar-refractivity contribution in [3.05, 3.63) is 35.4 Å². The molecule has 0 bridgehead atoms. The van der Waals surface area contributed by atoms with Crippen LogP contribution >= 0.6 is 0 Å². The van der Waals surface area contributed by atoms with Crippen LogP contribution in [0.25, 0.3) is 0 Å². The van der Waals surface area contributed by atoms with Crippen LogP contribution in [0, 0.1) is 0 Å². The van der Waals surface area contributed by atoms with Gasteiger partial charge in [0.1, 0.15) is 11.6 Å². The zero-order valence-electron chi connectivity index (χ0n) is 16.8. The number of hydrogen-bond donors (Lipinski definition) is 0. The van der Waals surface area contributed by atoms with Crippen molar-refractivity contribution < 1.29 is 33.5 Å². The van der Waals surface area contributed by atoms with Gasteiger partial charge in [-0.05, 0) is 39.3 Å². The number of carbonyl (C=O) groups is 4. The first-order valence-corrected chi connectivity index (χ1v) is 9.34. The topological polar surface area (TPSA) is 102 Å². The van der Waals surface area contributed by atoms with Crippen LogP contribution in [0.5, 0.6) is 0 Å². The summed E-state index contributed by atoms with van der Waals surface area (Å²) in [6, 6.07) is 5.15. The molecule has 9 heteroatoms. The molecule has 2 heterocycles. The smallest absolute Gasteiger partial charge is 0.411 e. The van der Waals surface area contributed by atoms with Crippen molar-refractivity contribution in [1.29, 1.82) is 0 Å². The van der Waals surface area contributed by atoms with E-state index in [0.717, 1.165) is 0 Å². The van der Waals surface area contributed by atoms with Gasteiger partial charge in [0.05, 0.1) is 17.2 Å². The maximum Gasteiger partial charge on any atom is 0.411 e. The maximum absolute atomic E-state index is 12.9. The van der Waals surface area contributed by atoms with E-state index in [1.54, 1.807) is 32.9 Å². The van der Waals surface area contributed by atoms with Crippen molar-refractivity contribution >= 4 is 23.9 Å². The monoisotopic (exact) mass is 404 g/mol. The summed E-state index contributed by atoms with van der Waals surface area (Å²) in [5, 5.41) is 0.441. The molecule has 0 aromatic heterocycles. The molecule has 29 heavy (non-hydrogen) atoms. The second-order valence-electron chi connectivity index (χ2n) is 7.93. The van der Waals surface area contributed by atoms with Gasteiger partial charge < -0.3 is 14.3 Å². The number of methoxy groups -OCH3 is 1. The standard InChI is InChI=1S/C20H24N2O7/c1-20(2,3)28-19(26)21-10-9-12(27-4)11-15(21)18(25)29-22-16(23)13-7-5-6-8-14(13)17(22)24/h5-8,12,15H,9-11H2,1-4H3. The minimum atomic E-state index is -1.05. The number of hydroxylamine groups is 2. The van der Waals surface area contributed by atoms with Gasteiger partial charge in [0.15, 0.2) is 0 Å². The number of likely N-dealkylation sites (tertiary alicyclic amines) is 1. The van der Waals surface area contributed by atoms with Crippen molar-refractivity contribution in [2.45, 2.75) is 51.4 Å². The summed E-state index contributed by atoms with van der Waals surface area (Å²) in [6.07, 6.45) is -0.255. The van der Waals surface area contributed by atoms with Crippen molar-refractivity contribution in [2.24, 2.45) is 0 Å². The predicted octanol–water partition coefficient (Wildman–Crippen LogP) is 2.16. The lowest BCUT2D eigenvalue weighted by Crippen LogP contribution is -2.54. The number of benzene rings is 1. The Hall–Kier alpha value is -2.94. The van der Waals surface area contributed by atoms with E-state index >= 15 is 0 Å². The third-order valence-corrected chi connectivity index (χ3v) is 4.73. The zero-order chi connectivity index (χ0) is 21.3. The summed E-state index contributed by atoms with van der Waals surface area (Å²) < 4.78 is 10.7. The summed E-state index contributed by atoms with van der Waals surface area (Å²) in [6.45, 7) is 5.38. The van der Waals surface area contributed by atoms with E-state index in [2.05, 4.69) is 0 Å². The lowest BCUT2D eigenvalue weighted by Gasteiger charge is -2.38. The molecule has 9 nitrogen and oxygen atoms in total. The summed E-state index contributed by atoms with van der Waals surface area (Å²) in [5.41, 5.74) is -0.424. The molecule has 0 aliphatic carbocycles. The van der Waals surface area contributed by atoms with Crippen LogP contribution in [0.2, 0.25) is 0 Å². The normalized spacial score (nSPS) is 21.8. The van der Waals surface area contributed by atoms with E-state index in [-0.39, 0.29) is 30.2 Å². The number of rotatable bonds is 3. The van der Waals surface area contributed by atoms with Crippen molar-refractivity contribution in [1.82, 2.24) is 9.96 Å². The van der Waals surface area contributed by atoms with E-state index in [0.29, 0.717) is 11.5 Å². The highest BCUT2D eigenvalue weighted by Crippen LogP contribution is 2.26. The average Bonchev–Trinajstić information content (AvgIpc) is 2.91. The summed E-state index contributed by atoms with van der Waals surface area (Å²) >= 11 is 0. The molecule has 0 radical (unpaired) electrons. The first-order valence-electron chi connectivity index (χ1n) is 9.34. The first-order chi connectivity index (χ1) is 13.6. The van der Waals surface area contributed by atoms with Gasteiger partial charge in [-0.1, -0.05) is 17.2 Å². The zero-order valence-corrected chi connectivity index (χ0v) is 16.8. The molecule has 1 aromatic rings. The van der Waals surface area contributed by atoms with Crippen LogP contribution in [0.15, 0.2) is 24.3 Å². The number of carbonyl (C=O) groups excluding carboxylic acids is 4. The minimum absolute atomic E-state index is 0.160. The van der Waals surface area contributed by atoms with Gasteiger partial charge >= 0.3 is 12.1 Å². The highest BCUT2D eigenvalue weighted by atomic mass is 16.7. The molecule has 2 aliphatic heterocycles. The van der Waals surface area contributed by atoms with Crippen molar-refractivity contribution in [3.63, 3.8) is 0 Å². The minimum Gasteiger partial charge on any atom is -0.444 e. The molecule has 1 saturated heterocycles. The third kappa shape index (κ3) is 4.24. The molecule has 1 fully saturated rings. The number of imide groups is 1. The summed E-state index contributed by atoms with van der Waals surface area (Å²) in [7, 11) is 1.51. The van der Waals surface area contributed by atoms with E-state index in [4.69, 9.17) is 14.3 Å². The third-order valence-electron chi connectivity index (χ3n) is 4.73. The Balaban J connectivity index is 1.78. The van der Waals surface area contributed by atoms with Gasteiger partial charge in [0.2, 0.25) is 0 Å². The fraction of sp³-hybridized carbons (Fsp3) is 0.500. The van der Waals surface area contributed by atoms with E-state index in [1.165, 1.54) is 24.1 Å². The van der Waals surface area contributed by atoms with Gasteiger partial charge in [-0.3, -0.25) is 14.5 Å². The van der Waals surface area contributed by atoms with Crippen LogP contribution in [-0.2, 0) is 19.1 Å². The van der Waals surface area contributed by atoms with Crippen LogP contribution in [-0.4, -0.2) is 65.2 Å². The second-order valence-corrected chi connectivity index (χ2v) is 7.93. The van der Waals surface area contributed by atoms with Crippen LogP contribution in [0.3, 0.4) is 0 Å². The largest absolute Gasteiger partial charge is 0.444 e. The molecule has 3 amide bonds. The van der Waals surface area contributed by atoms with Crippen LogP contribution < -0.4 is 0 Å². The molecule has 156 valence electrons. The molecule has 3 rings (SSSR count). The van der Waals surface area contributed by atoms with Gasteiger partial charge in [0.25, 0.3) is 11.8 Å². The number of hydrogen-bond acceptors (Lipinski definition) is 7. The Morgan fingerprint density at radius 1 is 1.07 bits per heavy atom. The molecule has 0 spiro atoms. The number of piperidine rings is 1. The van der Waals surface area contributed by atoms with Gasteiger partial charge in [0, 0.05) is 20.1 Å². The fourth-order valence-corrected chi connectivity index (χ4v) is 3.31. The Labute approximate surface area is 168 Å². The van der Waals surface area contributed by atoms with E-state index in [9.17, 15) is 19.2 Å². The fourth-order valence-electron chi connectivity index (χ4n) is 3.31. The molecule has 0 saturated carbocycles. The summed E-state index contributed by atoms with van der Waals surface area (Å²) in [4.78, 5) is 56.7. The lowest BCUT2D eigenvalue weighted by atomic mass is 10.00. The average molecular weight is 404 g/mol. The van der Waals surface area contributed by atoms with Gasteiger partial charge in [-0.15, -0.1) is 0 Å². The second kappa shape index (κ2) is 7.82. The highest BCUT2D eigenvalue weighted by molar-refractivity contribution is 6.20. The SMILES string of the molecule is COC1CCN(C(=O)OC(C)(C)C)C(C(=O)ON2C(=O)c3ccccc3C2=O)C1. The quantitative estimate of drug-likeness (QED) is 0.711. The van der Waals surface area contributed by atoms with Crippen molar-refractivity contribution in [2.75, 3.05) is 13.7 Å². The first kappa shape index (κ1) is 20.8. The Morgan fingerprint density at radius 2 is 1.66 bits per heavy atom. The number of nitrogens with zero attached hydrogens (tertiary/aromatic N) is 2. The molecular weight excluding hydrogens is 380 g/mol. The number of ether oxygens (including phenoxy) is 2. The number of amides is 3. The Kier molecular flexibility index (Phi) is 5.61. The van der Waals surface area contributed by atoms with Crippen LogP contribution in [0.1, 0.15) is 54.3 Å². The van der Waals surface area contributed by atoms with E-state index in [1.807, 2.05) is 0 Å². The van der Waals surface area contributed by atoms with Crippen molar-refractivity contribution in [3.8, 4) is 0 Å². The Morgan fingerprint density at radius 3 is 2.17 bits per heavy atom. The Bertz CT molecular complexity index is 810. The molecule has 0 N–H and O–H groups in total. The van der Waals surface area contributed by atoms with Crippen LogP contribution in [0.4, 0.5) is 4.79 Å². The maximum atomic E-state index is 12.9. The lowest BCUT2D eigenvalue weighted by molar-refractivity contribution is -0.177. The predicted molar refractivity (Wildman–Crippen MR) is 99.8 cm³/mol.